The van der Waals surface area contributed by atoms with Gasteiger partial charge in [0, 0.05) is 11.1 Å². The molecule has 2 aliphatic rings. The van der Waals surface area contributed by atoms with E-state index in [1.54, 1.807) is 0 Å². The molecule has 1 aliphatic carbocycles. The summed E-state index contributed by atoms with van der Waals surface area (Å²) in [6.45, 7) is 1.99. The Bertz CT molecular complexity index is 577. The van der Waals surface area contributed by atoms with Crippen LogP contribution in [0.3, 0.4) is 0 Å². The van der Waals surface area contributed by atoms with Crippen molar-refractivity contribution in [3.05, 3.63) is 16.1 Å². The number of hydrogen-bond acceptors (Lipinski definition) is 5. The fourth-order valence-electron chi connectivity index (χ4n) is 2.46. The van der Waals surface area contributed by atoms with Gasteiger partial charge in [-0.1, -0.05) is 6.42 Å². The first-order chi connectivity index (χ1) is 9.03. The van der Waals surface area contributed by atoms with E-state index in [9.17, 15) is 14.4 Å². The largest absolute Gasteiger partial charge is 0.331 e. The van der Waals surface area contributed by atoms with Gasteiger partial charge in [-0.3, -0.25) is 19.8 Å². The molecular weight excluding hydrogens is 266 g/mol. The molecule has 0 unspecified atom stereocenters. The van der Waals surface area contributed by atoms with Gasteiger partial charge >= 0.3 is 6.03 Å². The molecule has 2 fully saturated rings. The lowest BCUT2D eigenvalue weighted by Crippen LogP contribution is -2.65. The summed E-state index contributed by atoms with van der Waals surface area (Å²) in [5.74, 6) is -0.819. The maximum atomic E-state index is 12.4. The van der Waals surface area contributed by atoms with Crippen molar-refractivity contribution in [2.45, 2.75) is 32.7 Å². The fraction of sp³-hybridized carbons (Fsp3) is 0.500. The standard InChI is InChI=1S/C12H13N3O3S/c1-7-6-19-8(13-7)5-15-10(17)12(3-2-4-12)9(16)14-11(15)18/h6H,2-5H2,1H3,(H,14,16,18). The van der Waals surface area contributed by atoms with E-state index in [1.807, 2.05) is 12.3 Å². The third kappa shape index (κ3) is 1.76. The van der Waals surface area contributed by atoms with Gasteiger partial charge in [-0.15, -0.1) is 11.3 Å². The summed E-state index contributed by atoms with van der Waals surface area (Å²) < 4.78 is 0. The van der Waals surface area contributed by atoms with Crippen molar-refractivity contribution in [3.8, 4) is 0 Å². The lowest BCUT2D eigenvalue weighted by Gasteiger charge is -2.44. The molecule has 0 radical (unpaired) electrons. The van der Waals surface area contributed by atoms with Crippen LogP contribution in [0.4, 0.5) is 4.79 Å². The normalized spacial score (nSPS) is 21.5. The minimum Gasteiger partial charge on any atom is -0.277 e. The van der Waals surface area contributed by atoms with E-state index in [2.05, 4.69) is 10.3 Å². The molecule has 0 bridgehead atoms. The summed E-state index contributed by atoms with van der Waals surface area (Å²) in [5.41, 5.74) is -0.139. The number of imide groups is 2. The van der Waals surface area contributed by atoms with Crippen LogP contribution in [0.2, 0.25) is 0 Å². The Hall–Kier alpha value is -1.76. The predicted molar refractivity (Wildman–Crippen MR) is 67.2 cm³/mol. The molecule has 1 saturated heterocycles. The first kappa shape index (κ1) is 12.3. The van der Waals surface area contributed by atoms with Gasteiger partial charge in [0.15, 0.2) is 0 Å². The summed E-state index contributed by atoms with van der Waals surface area (Å²) in [5, 5.41) is 4.85. The molecule has 1 spiro atoms. The number of hydrogen-bond donors (Lipinski definition) is 1. The minimum atomic E-state index is -1.000. The Kier molecular flexibility index (Phi) is 2.67. The fourth-order valence-corrected chi connectivity index (χ4v) is 3.22. The average Bonchev–Trinajstić information content (AvgIpc) is 2.68. The van der Waals surface area contributed by atoms with Crippen LogP contribution in [-0.4, -0.2) is 27.7 Å². The molecule has 6 nitrogen and oxygen atoms in total. The number of nitrogens with one attached hydrogen (secondary N) is 1. The number of barbiturate groups is 1. The van der Waals surface area contributed by atoms with Gasteiger partial charge in [0.2, 0.25) is 11.8 Å². The van der Waals surface area contributed by atoms with E-state index < -0.39 is 17.4 Å². The van der Waals surface area contributed by atoms with Crippen molar-refractivity contribution in [3.63, 3.8) is 0 Å². The second-order valence-corrected chi connectivity index (χ2v) is 5.91. The maximum Gasteiger partial charge on any atom is 0.331 e. The van der Waals surface area contributed by atoms with E-state index in [-0.39, 0.29) is 12.5 Å². The lowest BCUT2D eigenvalue weighted by molar-refractivity contribution is -0.158. The molecule has 0 atom stereocenters. The molecule has 4 amide bonds. The van der Waals surface area contributed by atoms with E-state index in [1.165, 1.54) is 11.3 Å². The van der Waals surface area contributed by atoms with E-state index in [4.69, 9.17) is 0 Å². The van der Waals surface area contributed by atoms with Crippen LogP contribution in [0, 0.1) is 12.3 Å². The van der Waals surface area contributed by atoms with Crippen LogP contribution in [0.15, 0.2) is 5.38 Å². The molecule has 1 saturated carbocycles. The van der Waals surface area contributed by atoms with Gasteiger partial charge in [0.25, 0.3) is 0 Å². The van der Waals surface area contributed by atoms with Crippen LogP contribution < -0.4 is 5.32 Å². The summed E-state index contributed by atoms with van der Waals surface area (Å²) >= 11 is 1.40. The Morgan fingerprint density at radius 3 is 2.68 bits per heavy atom. The Morgan fingerprint density at radius 1 is 1.42 bits per heavy atom. The van der Waals surface area contributed by atoms with Crippen LogP contribution >= 0.6 is 11.3 Å². The molecule has 7 heteroatoms. The molecule has 19 heavy (non-hydrogen) atoms. The molecular formula is C12H13N3O3S. The molecule has 3 rings (SSSR count). The molecule has 1 aliphatic heterocycles. The van der Waals surface area contributed by atoms with Crippen molar-refractivity contribution < 1.29 is 14.4 Å². The van der Waals surface area contributed by atoms with Gasteiger partial charge in [-0.25, -0.2) is 9.78 Å². The Labute approximate surface area is 113 Å². The lowest BCUT2D eigenvalue weighted by atomic mass is 9.66. The van der Waals surface area contributed by atoms with Crippen molar-refractivity contribution in [1.82, 2.24) is 15.2 Å². The summed E-state index contributed by atoms with van der Waals surface area (Å²) in [6, 6.07) is -0.639. The highest BCUT2D eigenvalue weighted by Gasteiger charge is 2.57. The topological polar surface area (TPSA) is 79.4 Å². The number of aryl methyl sites for hydroxylation is 1. The molecule has 1 aromatic heterocycles. The molecule has 0 aromatic carbocycles. The number of aromatic nitrogens is 1. The third-order valence-corrected chi connectivity index (χ3v) is 4.67. The SMILES string of the molecule is Cc1csc(CN2C(=O)NC(=O)C3(CCC3)C2=O)n1. The molecule has 2 heterocycles. The zero-order chi connectivity index (χ0) is 13.6. The first-order valence-corrected chi connectivity index (χ1v) is 6.99. The highest BCUT2D eigenvalue weighted by molar-refractivity contribution is 7.09. The van der Waals surface area contributed by atoms with Gasteiger partial charge in [-0.05, 0) is 19.8 Å². The van der Waals surface area contributed by atoms with Crippen LogP contribution in [0.5, 0.6) is 0 Å². The number of thiazole rings is 1. The average molecular weight is 279 g/mol. The highest BCUT2D eigenvalue weighted by Crippen LogP contribution is 2.44. The van der Waals surface area contributed by atoms with Gasteiger partial charge in [0.1, 0.15) is 10.4 Å². The maximum absolute atomic E-state index is 12.4. The number of amides is 4. The molecule has 1 N–H and O–H groups in total. The summed E-state index contributed by atoms with van der Waals surface area (Å²) in [7, 11) is 0. The number of carbonyl (C=O) groups is 3. The van der Waals surface area contributed by atoms with Gasteiger partial charge in [0.05, 0.1) is 6.54 Å². The Morgan fingerprint density at radius 2 is 2.16 bits per heavy atom. The van der Waals surface area contributed by atoms with Crippen LogP contribution in [-0.2, 0) is 16.1 Å². The number of nitrogens with zero attached hydrogens (tertiary/aromatic N) is 2. The van der Waals surface area contributed by atoms with Crippen molar-refractivity contribution >= 4 is 29.2 Å². The van der Waals surface area contributed by atoms with Crippen molar-refractivity contribution in [2.75, 3.05) is 0 Å². The number of urea groups is 1. The predicted octanol–water partition coefficient (Wildman–Crippen LogP) is 1.20. The van der Waals surface area contributed by atoms with E-state index in [0.717, 1.165) is 17.0 Å². The van der Waals surface area contributed by atoms with E-state index >= 15 is 0 Å². The molecule has 100 valence electrons. The first-order valence-electron chi connectivity index (χ1n) is 6.11. The Balaban J connectivity index is 1.85. The summed E-state index contributed by atoms with van der Waals surface area (Å²) in [6.07, 6.45) is 1.90. The number of carbonyl (C=O) groups excluding carboxylic acids is 3. The highest BCUT2D eigenvalue weighted by atomic mass is 32.1. The quantitative estimate of drug-likeness (QED) is 0.825. The van der Waals surface area contributed by atoms with Crippen LogP contribution in [0.25, 0.3) is 0 Å². The molecule has 1 aromatic rings. The monoisotopic (exact) mass is 279 g/mol. The zero-order valence-electron chi connectivity index (χ0n) is 10.4. The summed E-state index contributed by atoms with van der Waals surface area (Å²) in [4.78, 5) is 41.4. The van der Waals surface area contributed by atoms with Gasteiger partial charge in [-0.2, -0.15) is 0 Å². The minimum absolute atomic E-state index is 0.137. The van der Waals surface area contributed by atoms with E-state index in [0.29, 0.717) is 17.8 Å². The smallest absolute Gasteiger partial charge is 0.277 e. The third-order valence-electron chi connectivity index (χ3n) is 3.72. The van der Waals surface area contributed by atoms with Crippen molar-refractivity contribution in [1.29, 1.82) is 0 Å². The second kappa shape index (κ2) is 4.12. The second-order valence-electron chi connectivity index (χ2n) is 4.97. The van der Waals surface area contributed by atoms with Crippen molar-refractivity contribution in [2.24, 2.45) is 5.41 Å². The number of rotatable bonds is 2. The zero-order valence-corrected chi connectivity index (χ0v) is 11.2. The van der Waals surface area contributed by atoms with Gasteiger partial charge < -0.3 is 0 Å². The van der Waals surface area contributed by atoms with Crippen LogP contribution in [0.1, 0.15) is 30.0 Å².